The molecule has 3 aromatic rings. The molecular formula is C21H20FN3O4. The number of nitrogens with zero attached hydrogens (tertiary/aromatic N) is 2. The Kier molecular flexibility index (Phi) is 6.33. The van der Waals surface area contributed by atoms with Gasteiger partial charge in [0.25, 0.3) is 11.5 Å². The van der Waals surface area contributed by atoms with Gasteiger partial charge in [-0.25, -0.2) is 9.37 Å². The van der Waals surface area contributed by atoms with Gasteiger partial charge in [-0.1, -0.05) is 24.3 Å². The van der Waals surface area contributed by atoms with Gasteiger partial charge in [-0.2, -0.15) is 0 Å². The number of para-hydroxylation sites is 1. The van der Waals surface area contributed by atoms with Crippen molar-refractivity contribution < 1.29 is 18.7 Å². The summed E-state index contributed by atoms with van der Waals surface area (Å²) < 4.78 is 19.1. The second-order valence-corrected chi connectivity index (χ2v) is 6.49. The standard InChI is InChI=1S/C21H20FN3O4/c1-14(20(27)23-11-10-15-6-8-16(22)9-7-15)29-19(26)12-25-13-24-18-5-3-2-4-17(18)21(25)28/h2-9,13-14H,10-12H2,1H3,(H,23,27)/t14-/m1/s1. The lowest BCUT2D eigenvalue weighted by molar-refractivity contribution is -0.155. The van der Waals surface area contributed by atoms with Gasteiger partial charge in [0.15, 0.2) is 6.10 Å². The number of nitrogens with one attached hydrogen (secondary N) is 1. The molecule has 0 aliphatic heterocycles. The molecular weight excluding hydrogens is 377 g/mol. The third-order valence-corrected chi connectivity index (χ3v) is 4.33. The summed E-state index contributed by atoms with van der Waals surface area (Å²) in [6, 6.07) is 12.8. The van der Waals surface area contributed by atoms with Crippen molar-refractivity contribution in [3.05, 3.63) is 76.6 Å². The summed E-state index contributed by atoms with van der Waals surface area (Å²) in [6.45, 7) is 1.43. The molecule has 0 saturated carbocycles. The molecule has 0 saturated heterocycles. The predicted octanol–water partition coefficient (Wildman–Crippen LogP) is 1.83. The van der Waals surface area contributed by atoms with Gasteiger partial charge in [0.2, 0.25) is 0 Å². The maximum absolute atomic E-state index is 12.9. The highest BCUT2D eigenvalue weighted by molar-refractivity contribution is 5.83. The quantitative estimate of drug-likeness (QED) is 0.615. The summed E-state index contributed by atoms with van der Waals surface area (Å²) in [7, 11) is 0. The number of esters is 1. The van der Waals surface area contributed by atoms with E-state index in [0.29, 0.717) is 23.9 Å². The van der Waals surface area contributed by atoms with Crippen molar-refractivity contribution in [1.29, 1.82) is 0 Å². The Labute approximate surface area is 166 Å². The molecule has 1 atom stereocenters. The average Bonchev–Trinajstić information content (AvgIpc) is 2.71. The molecule has 0 aliphatic rings. The number of amides is 1. The summed E-state index contributed by atoms with van der Waals surface area (Å²) in [4.78, 5) is 40.7. The molecule has 1 heterocycles. The average molecular weight is 397 g/mol. The van der Waals surface area contributed by atoms with Crippen LogP contribution >= 0.6 is 0 Å². The number of carbonyl (C=O) groups is 2. The Hall–Kier alpha value is -3.55. The zero-order chi connectivity index (χ0) is 20.8. The van der Waals surface area contributed by atoms with Crippen LogP contribution in [-0.4, -0.2) is 34.1 Å². The van der Waals surface area contributed by atoms with E-state index < -0.39 is 18.0 Å². The van der Waals surface area contributed by atoms with Crippen LogP contribution in [0.15, 0.2) is 59.7 Å². The molecule has 0 spiro atoms. The summed E-state index contributed by atoms with van der Waals surface area (Å²) in [5, 5.41) is 3.06. The molecule has 1 aromatic heterocycles. The van der Waals surface area contributed by atoms with Crippen molar-refractivity contribution in [2.75, 3.05) is 6.54 Å². The molecule has 0 bridgehead atoms. The van der Waals surface area contributed by atoms with Crippen LogP contribution in [0.4, 0.5) is 4.39 Å². The lowest BCUT2D eigenvalue weighted by Crippen LogP contribution is -2.38. The maximum atomic E-state index is 12.9. The number of fused-ring (bicyclic) bond motifs is 1. The zero-order valence-corrected chi connectivity index (χ0v) is 15.8. The van der Waals surface area contributed by atoms with Crippen molar-refractivity contribution in [2.24, 2.45) is 0 Å². The van der Waals surface area contributed by atoms with Gasteiger partial charge in [-0.05, 0) is 43.2 Å². The summed E-state index contributed by atoms with van der Waals surface area (Å²) in [5.41, 5.74) is 1.06. The van der Waals surface area contributed by atoms with E-state index in [-0.39, 0.29) is 17.9 Å². The summed E-state index contributed by atoms with van der Waals surface area (Å²) in [5.74, 6) is -1.49. The minimum absolute atomic E-state index is 0.320. The van der Waals surface area contributed by atoms with Crippen molar-refractivity contribution in [1.82, 2.24) is 14.9 Å². The SMILES string of the molecule is C[C@@H](OC(=O)Cn1cnc2ccccc2c1=O)C(=O)NCCc1ccc(F)cc1. The molecule has 7 nitrogen and oxygen atoms in total. The van der Waals surface area contributed by atoms with E-state index >= 15 is 0 Å². The Morgan fingerprint density at radius 2 is 1.90 bits per heavy atom. The fourth-order valence-corrected chi connectivity index (χ4v) is 2.77. The van der Waals surface area contributed by atoms with Crippen LogP contribution in [0, 0.1) is 5.82 Å². The molecule has 8 heteroatoms. The van der Waals surface area contributed by atoms with Crippen LogP contribution in [0.5, 0.6) is 0 Å². The van der Waals surface area contributed by atoms with Gasteiger partial charge in [-0.15, -0.1) is 0 Å². The molecule has 0 radical (unpaired) electrons. The molecule has 1 N–H and O–H groups in total. The van der Waals surface area contributed by atoms with E-state index in [1.54, 1.807) is 36.4 Å². The normalized spacial score (nSPS) is 11.8. The van der Waals surface area contributed by atoms with Gasteiger partial charge in [0, 0.05) is 6.54 Å². The number of halogens is 1. The number of carbonyl (C=O) groups excluding carboxylic acids is 2. The number of aromatic nitrogens is 2. The fourth-order valence-electron chi connectivity index (χ4n) is 2.77. The van der Waals surface area contributed by atoms with Crippen molar-refractivity contribution in [3.63, 3.8) is 0 Å². The van der Waals surface area contributed by atoms with Gasteiger partial charge < -0.3 is 10.1 Å². The van der Waals surface area contributed by atoms with Crippen LogP contribution < -0.4 is 10.9 Å². The van der Waals surface area contributed by atoms with E-state index in [4.69, 9.17) is 4.74 Å². The fraction of sp³-hybridized carbons (Fsp3) is 0.238. The van der Waals surface area contributed by atoms with Gasteiger partial charge >= 0.3 is 5.97 Å². The van der Waals surface area contributed by atoms with E-state index in [1.807, 2.05) is 0 Å². The number of ether oxygens (including phenoxy) is 1. The molecule has 2 aromatic carbocycles. The molecule has 1 amide bonds. The van der Waals surface area contributed by atoms with Crippen molar-refractivity contribution >= 4 is 22.8 Å². The first-order chi connectivity index (χ1) is 13.9. The lowest BCUT2D eigenvalue weighted by atomic mass is 10.1. The second kappa shape index (κ2) is 9.09. The van der Waals surface area contributed by atoms with Crippen LogP contribution in [0.2, 0.25) is 0 Å². The minimum atomic E-state index is -1.01. The molecule has 0 aliphatic carbocycles. The lowest BCUT2D eigenvalue weighted by Gasteiger charge is -2.14. The van der Waals surface area contributed by atoms with Gasteiger partial charge in [-0.3, -0.25) is 19.0 Å². The van der Waals surface area contributed by atoms with Gasteiger partial charge in [0.05, 0.1) is 17.2 Å². The first-order valence-corrected chi connectivity index (χ1v) is 9.10. The molecule has 0 unspecified atom stereocenters. The maximum Gasteiger partial charge on any atom is 0.326 e. The summed E-state index contributed by atoms with van der Waals surface area (Å²) >= 11 is 0. The van der Waals surface area contributed by atoms with Crippen molar-refractivity contribution in [3.8, 4) is 0 Å². The van der Waals surface area contributed by atoms with Crippen molar-refractivity contribution in [2.45, 2.75) is 26.0 Å². The van der Waals surface area contributed by atoms with E-state index in [9.17, 15) is 18.8 Å². The Morgan fingerprint density at radius 3 is 2.66 bits per heavy atom. The molecule has 150 valence electrons. The number of hydrogen-bond acceptors (Lipinski definition) is 5. The molecule has 3 rings (SSSR count). The third kappa shape index (κ3) is 5.25. The minimum Gasteiger partial charge on any atom is -0.451 e. The Morgan fingerprint density at radius 1 is 1.17 bits per heavy atom. The van der Waals surface area contributed by atoms with Crippen LogP contribution in [-0.2, 0) is 27.3 Å². The monoisotopic (exact) mass is 397 g/mol. The first-order valence-electron chi connectivity index (χ1n) is 9.10. The highest BCUT2D eigenvalue weighted by Gasteiger charge is 2.18. The Balaban J connectivity index is 1.50. The van der Waals surface area contributed by atoms with Crippen LogP contribution in [0.1, 0.15) is 12.5 Å². The highest BCUT2D eigenvalue weighted by atomic mass is 19.1. The highest BCUT2D eigenvalue weighted by Crippen LogP contribution is 2.05. The molecule has 29 heavy (non-hydrogen) atoms. The molecule has 0 fully saturated rings. The predicted molar refractivity (Wildman–Crippen MR) is 105 cm³/mol. The number of benzene rings is 2. The Bertz CT molecular complexity index is 1080. The first kappa shape index (κ1) is 20.2. The number of rotatable bonds is 7. The van der Waals surface area contributed by atoms with Crippen LogP contribution in [0.25, 0.3) is 10.9 Å². The third-order valence-electron chi connectivity index (χ3n) is 4.33. The number of hydrogen-bond donors (Lipinski definition) is 1. The van der Waals surface area contributed by atoms with E-state index in [2.05, 4.69) is 10.3 Å². The topological polar surface area (TPSA) is 90.3 Å². The largest absolute Gasteiger partial charge is 0.451 e. The zero-order valence-electron chi connectivity index (χ0n) is 15.8. The smallest absolute Gasteiger partial charge is 0.326 e. The van der Waals surface area contributed by atoms with Gasteiger partial charge in [0.1, 0.15) is 12.4 Å². The second-order valence-electron chi connectivity index (χ2n) is 6.49. The van der Waals surface area contributed by atoms with E-state index in [1.165, 1.54) is 25.4 Å². The summed E-state index contributed by atoms with van der Waals surface area (Å²) in [6.07, 6.45) is 0.782. The van der Waals surface area contributed by atoms with E-state index in [0.717, 1.165) is 10.1 Å². The van der Waals surface area contributed by atoms with Crippen LogP contribution in [0.3, 0.4) is 0 Å².